The quantitative estimate of drug-likeness (QED) is 0.317. The Hall–Kier alpha value is -3.99. The van der Waals surface area contributed by atoms with Crippen LogP contribution in [-0.4, -0.2) is 32.9 Å². The lowest BCUT2D eigenvalue weighted by Crippen LogP contribution is -2.23. The Balaban J connectivity index is 1.47. The third kappa shape index (κ3) is 4.05. The standard InChI is InChI=1S/C19H18N8O2S/c1-21-14-4-2-3-10-5-13(17(29)27-15(10)14)16(28)25-11-6-22-19(23-7-11)24-8-12-9-30-18(20)26-12/h2-7,9,21H,8H2,1H3,(H2,20,26)(H,25,28)(H,27,29)(H,22,23,24). The number of hydrogen-bond donors (Lipinski definition) is 5. The van der Waals surface area contributed by atoms with E-state index in [1.165, 1.54) is 23.7 Å². The summed E-state index contributed by atoms with van der Waals surface area (Å²) in [6.07, 6.45) is 2.91. The summed E-state index contributed by atoms with van der Waals surface area (Å²) in [5.41, 5.74) is 7.68. The summed E-state index contributed by atoms with van der Waals surface area (Å²) >= 11 is 1.36. The van der Waals surface area contributed by atoms with E-state index in [2.05, 4.69) is 35.9 Å². The number of nitrogen functional groups attached to an aromatic ring is 1. The summed E-state index contributed by atoms with van der Waals surface area (Å²) in [5.74, 6) is -0.169. The van der Waals surface area contributed by atoms with Gasteiger partial charge in [-0.2, -0.15) is 0 Å². The summed E-state index contributed by atoms with van der Waals surface area (Å²) in [6, 6.07) is 7.06. The number of nitrogens with one attached hydrogen (secondary N) is 4. The molecule has 0 aliphatic carbocycles. The first-order valence-electron chi connectivity index (χ1n) is 8.94. The average Bonchev–Trinajstić information content (AvgIpc) is 3.17. The van der Waals surface area contributed by atoms with Crippen LogP contribution in [-0.2, 0) is 6.54 Å². The van der Waals surface area contributed by atoms with E-state index in [0.717, 1.165) is 16.8 Å². The van der Waals surface area contributed by atoms with Crippen LogP contribution in [0.2, 0.25) is 0 Å². The van der Waals surface area contributed by atoms with Crippen LogP contribution in [0.3, 0.4) is 0 Å². The Bertz CT molecular complexity index is 1270. The van der Waals surface area contributed by atoms with Gasteiger partial charge in [0.15, 0.2) is 5.13 Å². The van der Waals surface area contributed by atoms with Gasteiger partial charge in [-0.1, -0.05) is 12.1 Å². The van der Waals surface area contributed by atoms with E-state index in [1.54, 1.807) is 13.1 Å². The number of amides is 1. The predicted octanol–water partition coefficient (Wildman–Crippen LogP) is 2.26. The van der Waals surface area contributed by atoms with Crippen LogP contribution in [0.5, 0.6) is 0 Å². The van der Waals surface area contributed by atoms with Crippen molar-refractivity contribution < 1.29 is 4.79 Å². The number of aromatic nitrogens is 4. The van der Waals surface area contributed by atoms with E-state index in [9.17, 15) is 9.59 Å². The molecule has 11 heteroatoms. The first-order chi connectivity index (χ1) is 14.5. The lowest BCUT2D eigenvalue weighted by Gasteiger charge is -2.08. The second kappa shape index (κ2) is 8.17. The molecule has 0 bridgehead atoms. The lowest BCUT2D eigenvalue weighted by atomic mass is 10.1. The topological polar surface area (TPSA) is 151 Å². The van der Waals surface area contributed by atoms with Crippen LogP contribution in [0.1, 0.15) is 16.1 Å². The van der Waals surface area contributed by atoms with Crippen molar-refractivity contribution in [2.75, 3.05) is 28.7 Å². The highest BCUT2D eigenvalue weighted by Gasteiger charge is 2.14. The molecule has 0 saturated heterocycles. The summed E-state index contributed by atoms with van der Waals surface area (Å²) < 4.78 is 0. The zero-order chi connectivity index (χ0) is 21.1. The molecule has 4 aromatic rings. The highest BCUT2D eigenvalue weighted by atomic mass is 32.1. The average molecular weight is 422 g/mol. The fourth-order valence-electron chi connectivity index (χ4n) is 2.86. The van der Waals surface area contributed by atoms with E-state index in [-0.39, 0.29) is 5.56 Å². The molecule has 0 fully saturated rings. The van der Waals surface area contributed by atoms with Gasteiger partial charge in [-0.3, -0.25) is 9.59 Å². The normalized spacial score (nSPS) is 10.7. The molecule has 1 amide bonds. The second-order valence-electron chi connectivity index (χ2n) is 6.31. The monoisotopic (exact) mass is 422 g/mol. The smallest absolute Gasteiger partial charge is 0.261 e. The Kier molecular flexibility index (Phi) is 5.26. The van der Waals surface area contributed by atoms with E-state index >= 15 is 0 Å². The van der Waals surface area contributed by atoms with E-state index in [0.29, 0.717) is 28.8 Å². The minimum absolute atomic E-state index is 0.000856. The van der Waals surface area contributed by atoms with Gasteiger partial charge in [-0.25, -0.2) is 15.0 Å². The van der Waals surface area contributed by atoms with Crippen LogP contribution in [0.15, 0.2) is 46.8 Å². The number of pyridine rings is 1. The predicted molar refractivity (Wildman–Crippen MR) is 118 cm³/mol. The summed E-state index contributed by atoms with van der Waals surface area (Å²) in [6.45, 7) is 0.431. The number of anilines is 4. The maximum atomic E-state index is 12.6. The molecule has 0 atom stereocenters. The van der Waals surface area contributed by atoms with Crippen molar-refractivity contribution in [3.05, 3.63) is 63.7 Å². The molecule has 6 N–H and O–H groups in total. The summed E-state index contributed by atoms with van der Waals surface area (Å²) in [5, 5.41) is 11.8. The van der Waals surface area contributed by atoms with E-state index < -0.39 is 11.5 Å². The zero-order valence-electron chi connectivity index (χ0n) is 15.9. The molecule has 3 heterocycles. The number of carbonyl (C=O) groups is 1. The van der Waals surface area contributed by atoms with E-state index in [1.807, 2.05) is 23.6 Å². The first kappa shape index (κ1) is 19.3. The van der Waals surface area contributed by atoms with Gasteiger partial charge in [0, 0.05) is 17.8 Å². The maximum absolute atomic E-state index is 12.6. The Morgan fingerprint density at radius 2 is 2.07 bits per heavy atom. The molecule has 0 saturated carbocycles. The number of fused-ring (bicyclic) bond motifs is 1. The largest absolute Gasteiger partial charge is 0.386 e. The Morgan fingerprint density at radius 1 is 1.27 bits per heavy atom. The maximum Gasteiger partial charge on any atom is 0.261 e. The van der Waals surface area contributed by atoms with Gasteiger partial charge in [0.25, 0.3) is 11.5 Å². The Morgan fingerprint density at radius 3 is 2.77 bits per heavy atom. The minimum atomic E-state index is -0.546. The van der Waals surface area contributed by atoms with Crippen molar-refractivity contribution in [2.24, 2.45) is 0 Å². The van der Waals surface area contributed by atoms with Crippen LogP contribution < -0.4 is 27.2 Å². The van der Waals surface area contributed by atoms with E-state index in [4.69, 9.17) is 5.73 Å². The molecule has 10 nitrogen and oxygen atoms in total. The number of thiazole rings is 1. The number of rotatable bonds is 6. The highest BCUT2D eigenvalue weighted by molar-refractivity contribution is 7.13. The van der Waals surface area contributed by atoms with Crippen LogP contribution in [0.25, 0.3) is 10.9 Å². The third-order valence-corrected chi connectivity index (χ3v) is 5.02. The first-order valence-corrected chi connectivity index (χ1v) is 9.82. The third-order valence-electron chi connectivity index (χ3n) is 4.30. The SMILES string of the molecule is CNc1cccc2cc(C(=O)Nc3cnc(NCc4csc(N)n4)nc3)c(=O)[nH]c12. The fraction of sp³-hybridized carbons (Fsp3) is 0.105. The van der Waals surface area contributed by atoms with Crippen LogP contribution in [0.4, 0.5) is 22.5 Å². The number of benzene rings is 1. The number of hydrogen-bond acceptors (Lipinski definition) is 9. The van der Waals surface area contributed by atoms with Crippen molar-refractivity contribution in [1.82, 2.24) is 19.9 Å². The van der Waals surface area contributed by atoms with Crippen molar-refractivity contribution in [3.63, 3.8) is 0 Å². The van der Waals surface area contributed by atoms with Gasteiger partial charge in [0.05, 0.1) is 41.5 Å². The van der Waals surface area contributed by atoms with Crippen molar-refractivity contribution in [3.8, 4) is 0 Å². The second-order valence-corrected chi connectivity index (χ2v) is 7.20. The fourth-order valence-corrected chi connectivity index (χ4v) is 3.43. The molecule has 3 aromatic heterocycles. The zero-order valence-corrected chi connectivity index (χ0v) is 16.7. The van der Waals surface area contributed by atoms with Crippen LogP contribution in [0, 0.1) is 0 Å². The highest BCUT2D eigenvalue weighted by Crippen LogP contribution is 2.20. The van der Waals surface area contributed by atoms with Gasteiger partial charge in [0.2, 0.25) is 5.95 Å². The van der Waals surface area contributed by atoms with Gasteiger partial charge < -0.3 is 26.7 Å². The van der Waals surface area contributed by atoms with Gasteiger partial charge >= 0.3 is 0 Å². The number of aromatic amines is 1. The molecular formula is C19H18N8O2S. The molecule has 0 aliphatic rings. The molecule has 152 valence electrons. The van der Waals surface area contributed by atoms with Crippen LogP contribution >= 0.6 is 11.3 Å². The van der Waals surface area contributed by atoms with Crippen molar-refractivity contribution in [2.45, 2.75) is 6.54 Å². The van der Waals surface area contributed by atoms with Crippen molar-refractivity contribution in [1.29, 1.82) is 0 Å². The Labute approximate surface area is 174 Å². The molecular weight excluding hydrogens is 404 g/mol. The molecule has 0 radical (unpaired) electrons. The minimum Gasteiger partial charge on any atom is -0.386 e. The molecule has 4 rings (SSSR count). The number of nitrogens with two attached hydrogens (primary N) is 1. The number of H-pyrrole nitrogens is 1. The number of nitrogens with zero attached hydrogens (tertiary/aromatic N) is 3. The number of para-hydroxylation sites is 1. The summed E-state index contributed by atoms with van der Waals surface area (Å²) in [7, 11) is 1.76. The molecule has 1 aromatic carbocycles. The van der Waals surface area contributed by atoms with Gasteiger partial charge in [-0.05, 0) is 12.1 Å². The van der Waals surface area contributed by atoms with Gasteiger partial charge in [-0.15, -0.1) is 11.3 Å². The van der Waals surface area contributed by atoms with Crippen molar-refractivity contribution >= 4 is 50.6 Å². The van der Waals surface area contributed by atoms with Gasteiger partial charge in [0.1, 0.15) is 5.56 Å². The summed E-state index contributed by atoms with van der Waals surface area (Å²) in [4.78, 5) is 40.2. The number of carbonyl (C=O) groups excluding carboxylic acids is 1. The molecule has 30 heavy (non-hydrogen) atoms. The lowest BCUT2D eigenvalue weighted by molar-refractivity contribution is 0.102. The molecule has 0 aliphatic heterocycles. The molecule has 0 spiro atoms. The molecule has 0 unspecified atom stereocenters.